The molecule has 2 nitrogen and oxygen atoms in total. The Balaban J connectivity index is 2.00. The van der Waals surface area contributed by atoms with Gasteiger partial charge in [-0.1, -0.05) is 64.5 Å². The minimum atomic E-state index is 0.899. The Morgan fingerprint density at radius 2 is 1.38 bits per heavy atom. The van der Waals surface area contributed by atoms with Gasteiger partial charge in [0, 0.05) is 21.7 Å². The largest absolute Gasteiger partial charge is 0.294 e. The Morgan fingerprint density at radius 1 is 0.667 bits per heavy atom. The summed E-state index contributed by atoms with van der Waals surface area (Å²) in [6.07, 6.45) is 1.83. The molecule has 0 spiro atoms. The molecule has 0 atom stereocenters. The number of hydrogen-bond acceptors (Lipinski definition) is 2. The van der Waals surface area contributed by atoms with E-state index in [2.05, 4.69) is 74.3 Å². The van der Waals surface area contributed by atoms with Crippen LogP contribution < -0.4 is 4.90 Å². The smallest absolute Gasteiger partial charge is 0.137 e. The van der Waals surface area contributed by atoms with Gasteiger partial charge >= 0.3 is 0 Å². The molecule has 116 valence electrons. The summed E-state index contributed by atoms with van der Waals surface area (Å²) >= 11 is 3.66. The first kappa shape index (κ1) is 14.9. The fraction of sp³-hybridized carbons (Fsp3) is 0. The molecule has 0 aliphatic heterocycles. The van der Waals surface area contributed by atoms with E-state index in [1.54, 1.807) is 0 Å². The highest BCUT2D eigenvalue weighted by Gasteiger charge is 2.16. The van der Waals surface area contributed by atoms with Gasteiger partial charge in [0.25, 0.3) is 0 Å². The van der Waals surface area contributed by atoms with Crippen LogP contribution in [0.5, 0.6) is 0 Å². The van der Waals surface area contributed by atoms with Crippen LogP contribution in [0.25, 0.3) is 10.8 Å². The van der Waals surface area contributed by atoms with Crippen LogP contribution in [-0.2, 0) is 0 Å². The Kier molecular flexibility index (Phi) is 4.01. The van der Waals surface area contributed by atoms with Crippen molar-refractivity contribution in [2.45, 2.75) is 0 Å². The number of benzene rings is 3. The molecular formula is C21H15BrN2. The van der Waals surface area contributed by atoms with Gasteiger partial charge in [0.1, 0.15) is 5.82 Å². The quantitative estimate of drug-likeness (QED) is 0.408. The number of nitrogens with zero attached hydrogens (tertiary/aromatic N) is 2. The lowest BCUT2D eigenvalue weighted by molar-refractivity contribution is 1.19. The molecule has 3 aromatic carbocycles. The minimum Gasteiger partial charge on any atom is -0.294 e. The number of halogens is 1. The first-order valence-electron chi connectivity index (χ1n) is 7.78. The first-order valence-corrected chi connectivity index (χ1v) is 8.57. The zero-order chi connectivity index (χ0) is 16.4. The van der Waals surface area contributed by atoms with Crippen LogP contribution in [0.2, 0.25) is 0 Å². The van der Waals surface area contributed by atoms with Gasteiger partial charge in [-0.05, 0) is 41.8 Å². The van der Waals surface area contributed by atoms with Crippen LogP contribution in [-0.4, -0.2) is 4.98 Å². The summed E-state index contributed by atoms with van der Waals surface area (Å²) in [5.41, 5.74) is 2.20. The molecule has 4 aromatic rings. The van der Waals surface area contributed by atoms with Gasteiger partial charge in [-0.15, -0.1) is 0 Å². The number of para-hydroxylation sites is 1. The van der Waals surface area contributed by atoms with Crippen LogP contribution in [0.3, 0.4) is 0 Å². The van der Waals surface area contributed by atoms with E-state index in [4.69, 9.17) is 0 Å². The minimum absolute atomic E-state index is 0.899. The molecule has 1 aromatic heterocycles. The molecule has 3 heteroatoms. The maximum atomic E-state index is 4.58. The van der Waals surface area contributed by atoms with E-state index in [0.29, 0.717) is 0 Å². The molecular weight excluding hydrogens is 360 g/mol. The second kappa shape index (κ2) is 6.46. The molecule has 0 aliphatic carbocycles. The van der Waals surface area contributed by atoms with E-state index >= 15 is 0 Å². The van der Waals surface area contributed by atoms with Crippen LogP contribution in [0, 0.1) is 0 Å². The lowest BCUT2D eigenvalue weighted by Gasteiger charge is -2.25. The van der Waals surface area contributed by atoms with Gasteiger partial charge in [-0.3, -0.25) is 4.90 Å². The van der Waals surface area contributed by atoms with Crippen LogP contribution >= 0.6 is 15.9 Å². The third-order valence-electron chi connectivity index (χ3n) is 3.98. The number of hydrogen-bond donors (Lipinski definition) is 0. The number of rotatable bonds is 3. The van der Waals surface area contributed by atoms with Crippen molar-refractivity contribution in [1.29, 1.82) is 0 Å². The van der Waals surface area contributed by atoms with Gasteiger partial charge in [-0.2, -0.15) is 0 Å². The van der Waals surface area contributed by atoms with E-state index in [-0.39, 0.29) is 0 Å². The van der Waals surface area contributed by atoms with Crippen molar-refractivity contribution < 1.29 is 0 Å². The molecule has 0 saturated carbocycles. The number of pyridine rings is 1. The van der Waals surface area contributed by atoms with Crippen molar-refractivity contribution in [2.24, 2.45) is 0 Å². The summed E-state index contributed by atoms with van der Waals surface area (Å²) in [6, 6.07) is 28.9. The SMILES string of the molecule is Brc1ccc(N(c2ccccc2)c2ccccn2)c2ccccc12. The molecule has 0 aliphatic rings. The van der Waals surface area contributed by atoms with E-state index in [9.17, 15) is 0 Å². The third-order valence-corrected chi connectivity index (χ3v) is 4.67. The molecule has 24 heavy (non-hydrogen) atoms. The maximum Gasteiger partial charge on any atom is 0.137 e. The number of fused-ring (bicyclic) bond motifs is 1. The molecule has 0 radical (unpaired) electrons. The highest BCUT2D eigenvalue weighted by molar-refractivity contribution is 9.10. The average Bonchev–Trinajstić information content (AvgIpc) is 2.66. The highest BCUT2D eigenvalue weighted by atomic mass is 79.9. The molecule has 4 rings (SSSR count). The van der Waals surface area contributed by atoms with E-state index in [1.807, 2.05) is 42.6 Å². The summed E-state index contributed by atoms with van der Waals surface area (Å²) in [4.78, 5) is 6.76. The highest BCUT2D eigenvalue weighted by Crippen LogP contribution is 2.39. The fourth-order valence-electron chi connectivity index (χ4n) is 2.90. The monoisotopic (exact) mass is 374 g/mol. The van der Waals surface area contributed by atoms with E-state index in [0.717, 1.165) is 21.7 Å². The van der Waals surface area contributed by atoms with Gasteiger partial charge in [0.05, 0.1) is 5.69 Å². The topological polar surface area (TPSA) is 16.1 Å². The van der Waals surface area contributed by atoms with Gasteiger partial charge < -0.3 is 0 Å². The number of anilines is 3. The van der Waals surface area contributed by atoms with Crippen molar-refractivity contribution in [3.05, 3.63) is 95.6 Å². The summed E-state index contributed by atoms with van der Waals surface area (Å²) in [5, 5.41) is 2.37. The van der Waals surface area contributed by atoms with Crippen molar-refractivity contribution in [3.8, 4) is 0 Å². The predicted molar refractivity (Wildman–Crippen MR) is 104 cm³/mol. The van der Waals surface area contributed by atoms with Gasteiger partial charge in [0.2, 0.25) is 0 Å². The third kappa shape index (κ3) is 2.68. The molecule has 1 heterocycles. The Morgan fingerprint density at radius 3 is 2.12 bits per heavy atom. The van der Waals surface area contributed by atoms with E-state index < -0.39 is 0 Å². The van der Waals surface area contributed by atoms with Crippen LogP contribution in [0.4, 0.5) is 17.2 Å². The van der Waals surface area contributed by atoms with Crippen molar-refractivity contribution in [1.82, 2.24) is 4.98 Å². The summed E-state index contributed by atoms with van der Waals surface area (Å²) in [7, 11) is 0. The Labute approximate surface area is 149 Å². The van der Waals surface area contributed by atoms with Gasteiger partial charge in [0.15, 0.2) is 0 Å². The predicted octanol–water partition coefficient (Wildman–Crippen LogP) is 6.47. The summed E-state index contributed by atoms with van der Waals surface area (Å²) < 4.78 is 1.09. The van der Waals surface area contributed by atoms with E-state index in [1.165, 1.54) is 10.8 Å². The normalized spacial score (nSPS) is 10.7. The molecule has 0 fully saturated rings. The molecule has 0 N–H and O–H groups in total. The van der Waals surface area contributed by atoms with Gasteiger partial charge in [-0.25, -0.2) is 4.98 Å². The summed E-state index contributed by atoms with van der Waals surface area (Å²) in [6.45, 7) is 0. The zero-order valence-electron chi connectivity index (χ0n) is 12.9. The lowest BCUT2D eigenvalue weighted by atomic mass is 10.1. The second-order valence-corrected chi connectivity index (χ2v) is 6.33. The number of aromatic nitrogens is 1. The fourth-order valence-corrected chi connectivity index (χ4v) is 3.38. The molecule has 0 unspecified atom stereocenters. The average molecular weight is 375 g/mol. The summed E-state index contributed by atoms with van der Waals surface area (Å²) in [5.74, 6) is 0.899. The first-order chi connectivity index (χ1) is 11.8. The second-order valence-electron chi connectivity index (χ2n) is 5.47. The zero-order valence-corrected chi connectivity index (χ0v) is 14.5. The molecule has 0 amide bonds. The molecule has 0 saturated heterocycles. The van der Waals surface area contributed by atoms with Crippen molar-refractivity contribution >= 4 is 43.9 Å². The Hall–Kier alpha value is -2.65. The Bertz CT molecular complexity index is 929. The van der Waals surface area contributed by atoms with Crippen LogP contribution in [0.1, 0.15) is 0 Å². The maximum absolute atomic E-state index is 4.58. The van der Waals surface area contributed by atoms with Crippen molar-refractivity contribution in [3.63, 3.8) is 0 Å². The molecule has 0 bridgehead atoms. The van der Waals surface area contributed by atoms with Crippen LogP contribution in [0.15, 0.2) is 95.6 Å². The standard InChI is InChI=1S/C21H15BrN2/c22-19-13-14-20(18-11-5-4-10-17(18)19)24(16-8-2-1-3-9-16)21-12-6-7-15-23-21/h1-15H. The van der Waals surface area contributed by atoms with Crippen molar-refractivity contribution in [2.75, 3.05) is 4.90 Å². The lowest BCUT2D eigenvalue weighted by Crippen LogP contribution is -2.11.